The number of nitrogens with one attached hydrogen (secondary N) is 1. The van der Waals surface area contributed by atoms with E-state index in [1.807, 2.05) is 23.6 Å². The van der Waals surface area contributed by atoms with E-state index < -0.39 is 11.6 Å². The van der Waals surface area contributed by atoms with Crippen LogP contribution in [0.1, 0.15) is 28.8 Å². The summed E-state index contributed by atoms with van der Waals surface area (Å²) in [5.74, 6) is 0.243. The number of thioether (sulfide) groups is 1. The molecular weight excluding hydrogens is 410 g/mol. The Morgan fingerprint density at radius 3 is 2.60 bits per heavy atom. The van der Waals surface area contributed by atoms with Crippen LogP contribution in [0.2, 0.25) is 0 Å². The first-order chi connectivity index (χ1) is 14.4. The molecule has 1 heterocycles. The summed E-state index contributed by atoms with van der Waals surface area (Å²) >= 11 is 1.85. The number of rotatable bonds is 7. The summed E-state index contributed by atoms with van der Waals surface area (Å²) in [5.41, 5.74) is 2.08. The molecule has 0 aromatic heterocycles. The molecule has 8 heteroatoms. The predicted molar refractivity (Wildman–Crippen MR) is 114 cm³/mol. The second-order valence-corrected chi connectivity index (χ2v) is 8.23. The van der Waals surface area contributed by atoms with Gasteiger partial charge in [0.05, 0.1) is 6.61 Å². The van der Waals surface area contributed by atoms with Crippen molar-refractivity contribution < 1.29 is 23.1 Å². The number of carbonyl (C=O) groups excluding carboxylic acids is 2. The number of benzene rings is 2. The normalized spacial score (nSPS) is 13.8. The standard InChI is InChI=1S/C22H24F2N2O3S/c1-15-13-16(22(28)26-8-11-30-12-9-26)4-6-19(15)25-21(27)3-2-10-29-20-7-5-17(23)14-18(20)24/h4-7,13-14H,2-3,8-12H2,1H3,(H,25,27). The summed E-state index contributed by atoms with van der Waals surface area (Å²) in [6, 6.07) is 8.35. The third-order valence-corrected chi connectivity index (χ3v) is 5.69. The summed E-state index contributed by atoms with van der Waals surface area (Å²) < 4.78 is 31.6. The summed E-state index contributed by atoms with van der Waals surface area (Å²) in [6.45, 7) is 3.49. The highest BCUT2D eigenvalue weighted by molar-refractivity contribution is 7.99. The molecule has 1 N–H and O–H groups in total. The van der Waals surface area contributed by atoms with Crippen LogP contribution in [0.3, 0.4) is 0 Å². The van der Waals surface area contributed by atoms with E-state index in [1.165, 1.54) is 6.07 Å². The molecule has 0 spiro atoms. The van der Waals surface area contributed by atoms with Crippen LogP contribution in [0, 0.1) is 18.6 Å². The molecule has 3 rings (SSSR count). The maximum absolute atomic E-state index is 13.5. The minimum Gasteiger partial charge on any atom is -0.491 e. The van der Waals surface area contributed by atoms with Crippen LogP contribution in [0.5, 0.6) is 5.75 Å². The summed E-state index contributed by atoms with van der Waals surface area (Å²) in [4.78, 5) is 26.6. The van der Waals surface area contributed by atoms with Gasteiger partial charge >= 0.3 is 0 Å². The molecule has 1 aliphatic heterocycles. The molecule has 0 atom stereocenters. The van der Waals surface area contributed by atoms with Crippen LogP contribution in [-0.4, -0.2) is 47.9 Å². The van der Waals surface area contributed by atoms with Crippen molar-refractivity contribution in [2.75, 3.05) is 36.5 Å². The zero-order valence-electron chi connectivity index (χ0n) is 16.7. The van der Waals surface area contributed by atoms with Crippen LogP contribution in [0.4, 0.5) is 14.5 Å². The molecule has 1 fully saturated rings. The number of aryl methyl sites for hydroxylation is 1. The van der Waals surface area contributed by atoms with E-state index in [-0.39, 0.29) is 30.6 Å². The number of nitrogens with zero attached hydrogens (tertiary/aromatic N) is 1. The van der Waals surface area contributed by atoms with Gasteiger partial charge in [-0.3, -0.25) is 9.59 Å². The van der Waals surface area contributed by atoms with Gasteiger partial charge < -0.3 is 15.0 Å². The maximum atomic E-state index is 13.5. The van der Waals surface area contributed by atoms with E-state index in [0.29, 0.717) is 17.7 Å². The first-order valence-electron chi connectivity index (χ1n) is 9.79. The number of halogens is 2. The van der Waals surface area contributed by atoms with Crippen LogP contribution in [0.25, 0.3) is 0 Å². The lowest BCUT2D eigenvalue weighted by molar-refractivity contribution is -0.116. The molecule has 1 saturated heterocycles. The number of hydrogen-bond donors (Lipinski definition) is 1. The summed E-state index contributed by atoms with van der Waals surface area (Å²) in [7, 11) is 0. The van der Waals surface area contributed by atoms with Crippen molar-refractivity contribution in [3.8, 4) is 5.75 Å². The van der Waals surface area contributed by atoms with E-state index in [9.17, 15) is 18.4 Å². The Morgan fingerprint density at radius 1 is 1.13 bits per heavy atom. The van der Waals surface area contributed by atoms with Gasteiger partial charge in [-0.2, -0.15) is 11.8 Å². The van der Waals surface area contributed by atoms with Crippen LogP contribution in [0.15, 0.2) is 36.4 Å². The molecule has 0 saturated carbocycles. The van der Waals surface area contributed by atoms with E-state index in [0.717, 1.165) is 42.3 Å². The minimum atomic E-state index is -0.770. The van der Waals surface area contributed by atoms with Crippen LogP contribution >= 0.6 is 11.8 Å². The van der Waals surface area contributed by atoms with E-state index >= 15 is 0 Å². The topological polar surface area (TPSA) is 58.6 Å². The highest BCUT2D eigenvalue weighted by atomic mass is 32.2. The second kappa shape index (κ2) is 10.4. The van der Waals surface area contributed by atoms with Gasteiger partial charge in [-0.1, -0.05) is 0 Å². The Kier molecular flexibility index (Phi) is 7.68. The first kappa shape index (κ1) is 22.1. The quantitative estimate of drug-likeness (QED) is 0.662. The summed E-state index contributed by atoms with van der Waals surface area (Å²) in [6.07, 6.45) is 0.569. The minimum absolute atomic E-state index is 0.0152. The Hall–Kier alpha value is -2.61. The maximum Gasteiger partial charge on any atom is 0.253 e. The van der Waals surface area contributed by atoms with Gasteiger partial charge in [0.2, 0.25) is 5.91 Å². The molecule has 0 unspecified atom stereocenters. The largest absolute Gasteiger partial charge is 0.491 e. The molecule has 160 valence electrons. The fourth-order valence-corrected chi connectivity index (χ4v) is 4.01. The van der Waals surface area contributed by atoms with Crippen LogP contribution < -0.4 is 10.1 Å². The molecule has 0 bridgehead atoms. The van der Waals surface area contributed by atoms with Gasteiger partial charge in [0, 0.05) is 48.3 Å². The highest BCUT2D eigenvalue weighted by Crippen LogP contribution is 2.20. The van der Waals surface area contributed by atoms with Gasteiger partial charge in [-0.05, 0) is 49.2 Å². The molecule has 2 aromatic rings. The van der Waals surface area contributed by atoms with Crippen molar-refractivity contribution in [1.29, 1.82) is 0 Å². The van der Waals surface area contributed by atoms with E-state index in [2.05, 4.69) is 5.32 Å². The lowest BCUT2D eigenvalue weighted by Crippen LogP contribution is -2.37. The van der Waals surface area contributed by atoms with Crippen molar-refractivity contribution >= 4 is 29.3 Å². The van der Waals surface area contributed by atoms with Gasteiger partial charge in [0.25, 0.3) is 5.91 Å². The monoisotopic (exact) mass is 434 g/mol. The van der Waals surface area contributed by atoms with Gasteiger partial charge in [0.1, 0.15) is 5.82 Å². The van der Waals surface area contributed by atoms with Gasteiger partial charge in [-0.25, -0.2) is 8.78 Å². The third kappa shape index (κ3) is 5.95. The number of anilines is 1. The molecule has 2 aromatic carbocycles. The number of carbonyl (C=O) groups is 2. The van der Waals surface area contributed by atoms with Crippen molar-refractivity contribution in [3.05, 3.63) is 59.2 Å². The number of amides is 2. The average molecular weight is 435 g/mol. The van der Waals surface area contributed by atoms with Crippen molar-refractivity contribution in [3.63, 3.8) is 0 Å². The van der Waals surface area contributed by atoms with E-state index in [1.54, 1.807) is 18.2 Å². The lowest BCUT2D eigenvalue weighted by atomic mass is 10.1. The van der Waals surface area contributed by atoms with Crippen LogP contribution in [-0.2, 0) is 4.79 Å². The van der Waals surface area contributed by atoms with Crippen molar-refractivity contribution in [2.45, 2.75) is 19.8 Å². The van der Waals surface area contributed by atoms with E-state index in [4.69, 9.17) is 4.74 Å². The Balaban J connectivity index is 1.47. The fraction of sp³-hybridized carbons (Fsp3) is 0.364. The third-order valence-electron chi connectivity index (χ3n) is 4.75. The Bertz CT molecular complexity index is 917. The molecule has 5 nitrogen and oxygen atoms in total. The average Bonchev–Trinajstić information content (AvgIpc) is 2.74. The zero-order valence-corrected chi connectivity index (χ0v) is 17.6. The van der Waals surface area contributed by atoms with Gasteiger partial charge in [-0.15, -0.1) is 0 Å². The molecular formula is C22H24F2N2O3S. The number of hydrogen-bond acceptors (Lipinski definition) is 4. The molecule has 0 radical (unpaired) electrons. The first-order valence-corrected chi connectivity index (χ1v) is 10.9. The van der Waals surface area contributed by atoms with Crippen molar-refractivity contribution in [2.24, 2.45) is 0 Å². The molecule has 2 amide bonds. The second-order valence-electron chi connectivity index (χ2n) is 7.01. The smallest absolute Gasteiger partial charge is 0.253 e. The van der Waals surface area contributed by atoms with Gasteiger partial charge in [0.15, 0.2) is 11.6 Å². The molecule has 1 aliphatic rings. The van der Waals surface area contributed by atoms with Crippen molar-refractivity contribution in [1.82, 2.24) is 4.90 Å². The Morgan fingerprint density at radius 2 is 1.90 bits per heavy atom. The Labute approximate surface area is 178 Å². The molecule has 30 heavy (non-hydrogen) atoms. The lowest BCUT2D eigenvalue weighted by Gasteiger charge is -2.26. The SMILES string of the molecule is Cc1cc(C(=O)N2CCSCC2)ccc1NC(=O)CCCOc1ccc(F)cc1F. The highest BCUT2D eigenvalue weighted by Gasteiger charge is 2.19. The molecule has 0 aliphatic carbocycles. The zero-order chi connectivity index (χ0) is 21.5. The fourth-order valence-electron chi connectivity index (χ4n) is 3.11. The summed E-state index contributed by atoms with van der Waals surface area (Å²) in [5, 5.41) is 2.83. The predicted octanol–water partition coefficient (Wildman–Crippen LogP) is 4.26. The number of ether oxygens (including phenoxy) is 1.